The Balaban J connectivity index is 1.69. The maximum atomic E-state index is 5.68. The van der Waals surface area contributed by atoms with Crippen LogP contribution < -0.4 is 5.32 Å². The van der Waals surface area contributed by atoms with E-state index < -0.39 is 0 Å². The molecule has 17 heavy (non-hydrogen) atoms. The van der Waals surface area contributed by atoms with Gasteiger partial charge in [0.2, 0.25) is 0 Å². The quantitative estimate of drug-likeness (QED) is 0.848. The van der Waals surface area contributed by atoms with Gasteiger partial charge >= 0.3 is 0 Å². The molecule has 0 saturated carbocycles. The monoisotopic (exact) mass is 236 g/mol. The first-order chi connectivity index (χ1) is 8.43. The van der Waals surface area contributed by atoms with E-state index in [1.54, 1.807) is 0 Å². The van der Waals surface area contributed by atoms with E-state index in [0.717, 1.165) is 32.1 Å². The SMILES string of the molecule is c1nnc(C2CCCNC2)n1CC1CCCO1. The van der Waals surface area contributed by atoms with Crippen molar-refractivity contribution < 1.29 is 4.74 Å². The van der Waals surface area contributed by atoms with Gasteiger partial charge in [0.1, 0.15) is 12.2 Å². The molecule has 2 aliphatic heterocycles. The van der Waals surface area contributed by atoms with Gasteiger partial charge in [0.25, 0.3) is 0 Å². The average Bonchev–Trinajstić information content (AvgIpc) is 3.02. The lowest BCUT2D eigenvalue weighted by Crippen LogP contribution is -2.30. The number of ether oxygens (including phenoxy) is 1. The number of nitrogens with one attached hydrogen (secondary N) is 1. The van der Waals surface area contributed by atoms with Gasteiger partial charge < -0.3 is 14.6 Å². The van der Waals surface area contributed by atoms with Crippen molar-refractivity contribution in [2.45, 2.75) is 44.2 Å². The summed E-state index contributed by atoms with van der Waals surface area (Å²) in [6.07, 6.45) is 7.02. The zero-order valence-corrected chi connectivity index (χ0v) is 10.1. The van der Waals surface area contributed by atoms with Crippen LogP contribution in [0.5, 0.6) is 0 Å². The maximum absolute atomic E-state index is 5.68. The molecule has 5 nitrogen and oxygen atoms in total. The van der Waals surface area contributed by atoms with Gasteiger partial charge in [-0.1, -0.05) is 0 Å². The summed E-state index contributed by atoms with van der Waals surface area (Å²) in [5.41, 5.74) is 0. The summed E-state index contributed by atoms with van der Waals surface area (Å²) in [6.45, 7) is 3.99. The highest BCUT2D eigenvalue weighted by molar-refractivity contribution is 4.99. The predicted molar refractivity (Wildman–Crippen MR) is 63.8 cm³/mol. The third-order valence-corrected chi connectivity index (χ3v) is 3.73. The Hall–Kier alpha value is -0.940. The highest BCUT2D eigenvalue weighted by Gasteiger charge is 2.23. The minimum Gasteiger partial charge on any atom is -0.376 e. The van der Waals surface area contributed by atoms with Crippen LogP contribution in [0, 0.1) is 0 Å². The average molecular weight is 236 g/mol. The van der Waals surface area contributed by atoms with Gasteiger partial charge in [-0.15, -0.1) is 10.2 Å². The molecule has 2 unspecified atom stereocenters. The summed E-state index contributed by atoms with van der Waals surface area (Å²) in [4.78, 5) is 0. The summed E-state index contributed by atoms with van der Waals surface area (Å²) < 4.78 is 7.86. The first kappa shape index (κ1) is 11.2. The standard InChI is InChI=1S/C12H20N4O/c1-3-10(7-13-5-1)12-15-14-9-16(12)8-11-4-2-6-17-11/h9-11,13H,1-8H2. The Morgan fingerprint density at radius 2 is 2.41 bits per heavy atom. The van der Waals surface area contributed by atoms with Crippen LogP contribution >= 0.6 is 0 Å². The Morgan fingerprint density at radius 3 is 3.18 bits per heavy atom. The van der Waals surface area contributed by atoms with E-state index in [-0.39, 0.29) is 0 Å². The molecule has 5 heteroatoms. The molecule has 0 spiro atoms. The van der Waals surface area contributed by atoms with Crippen LogP contribution in [0.3, 0.4) is 0 Å². The molecule has 2 aliphatic rings. The minimum absolute atomic E-state index is 0.362. The van der Waals surface area contributed by atoms with Crippen LogP contribution in [0.2, 0.25) is 0 Å². The van der Waals surface area contributed by atoms with Crippen molar-refractivity contribution in [2.75, 3.05) is 19.7 Å². The van der Waals surface area contributed by atoms with E-state index >= 15 is 0 Å². The molecule has 3 heterocycles. The summed E-state index contributed by atoms with van der Waals surface area (Å²) >= 11 is 0. The maximum Gasteiger partial charge on any atom is 0.137 e. The topological polar surface area (TPSA) is 52.0 Å². The molecular formula is C12H20N4O. The second-order valence-electron chi connectivity index (χ2n) is 5.02. The first-order valence-electron chi connectivity index (χ1n) is 6.63. The fourth-order valence-corrected chi connectivity index (χ4v) is 2.80. The van der Waals surface area contributed by atoms with Gasteiger partial charge in [-0.3, -0.25) is 0 Å². The van der Waals surface area contributed by atoms with Gasteiger partial charge in [0.15, 0.2) is 0 Å². The number of aromatic nitrogens is 3. The zero-order valence-electron chi connectivity index (χ0n) is 10.1. The number of nitrogens with zero attached hydrogens (tertiary/aromatic N) is 3. The van der Waals surface area contributed by atoms with Gasteiger partial charge in [0, 0.05) is 19.1 Å². The lowest BCUT2D eigenvalue weighted by molar-refractivity contribution is 0.0957. The van der Waals surface area contributed by atoms with Crippen molar-refractivity contribution in [2.24, 2.45) is 0 Å². The smallest absolute Gasteiger partial charge is 0.137 e. The molecule has 0 bridgehead atoms. The van der Waals surface area contributed by atoms with Gasteiger partial charge in [-0.2, -0.15) is 0 Å². The van der Waals surface area contributed by atoms with Crippen molar-refractivity contribution in [3.8, 4) is 0 Å². The third-order valence-electron chi connectivity index (χ3n) is 3.73. The van der Waals surface area contributed by atoms with E-state index in [1.807, 2.05) is 6.33 Å². The van der Waals surface area contributed by atoms with Crippen molar-refractivity contribution in [3.63, 3.8) is 0 Å². The van der Waals surface area contributed by atoms with E-state index in [9.17, 15) is 0 Å². The molecule has 2 saturated heterocycles. The molecule has 0 aliphatic carbocycles. The largest absolute Gasteiger partial charge is 0.376 e. The molecule has 2 atom stereocenters. The second-order valence-corrected chi connectivity index (χ2v) is 5.02. The van der Waals surface area contributed by atoms with Crippen molar-refractivity contribution in [1.82, 2.24) is 20.1 Å². The van der Waals surface area contributed by atoms with Crippen molar-refractivity contribution >= 4 is 0 Å². The zero-order chi connectivity index (χ0) is 11.5. The Morgan fingerprint density at radius 1 is 1.41 bits per heavy atom. The number of piperidine rings is 1. The van der Waals surface area contributed by atoms with Crippen molar-refractivity contribution in [1.29, 1.82) is 0 Å². The molecular weight excluding hydrogens is 216 g/mol. The molecule has 1 aromatic rings. The Kier molecular flexibility index (Phi) is 3.38. The normalized spacial score (nSPS) is 29.6. The van der Waals surface area contributed by atoms with Crippen LogP contribution in [-0.2, 0) is 11.3 Å². The van der Waals surface area contributed by atoms with E-state index in [0.29, 0.717) is 12.0 Å². The highest BCUT2D eigenvalue weighted by Crippen LogP contribution is 2.22. The van der Waals surface area contributed by atoms with Gasteiger partial charge in [-0.05, 0) is 32.2 Å². The van der Waals surface area contributed by atoms with Gasteiger partial charge in [-0.25, -0.2) is 0 Å². The Bertz CT molecular complexity index is 353. The molecule has 0 radical (unpaired) electrons. The fraction of sp³-hybridized carbons (Fsp3) is 0.833. The number of hydrogen-bond donors (Lipinski definition) is 1. The molecule has 1 aromatic heterocycles. The van der Waals surface area contributed by atoms with Crippen LogP contribution in [0.4, 0.5) is 0 Å². The van der Waals surface area contributed by atoms with Gasteiger partial charge in [0.05, 0.1) is 12.6 Å². The summed E-state index contributed by atoms with van der Waals surface area (Å²) in [5.74, 6) is 1.65. The fourth-order valence-electron chi connectivity index (χ4n) is 2.80. The molecule has 0 amide bonds. The van der Waals surface area contributed by atoms with E-state index in [2.05, 4.69) is 20.1 Å². The van der Waals surface area contributed by atoms with Crippen LogP contribution in [0.1, 0.15) is 37.4 Å². The molecule has 94 valence electrons. The minimum atomic E-state index is 0.362. The summed E-state index contributed by atoms with van der Waals surface area (Å²) in [6, 6.07) is 0. The third kappa shape index (κ3) is 2.50. The van der Waals surface area contributed by atoms with Crippen LogP contribution in [0.15, 0.2) is 6.33 Å². The summed E-state index contributed by atoms with van der Waals surface area (Å²) in [5, 5.41) is 11.8. The predicted octanol–water partition coefficient (Wildman–Crippen LogP) is 0.924. The Labute approximate surface area is 102 Å². The highest BCUT2D eigenvalue weighted by atomic mass is 16.5. The van der Waals surface area contributed by atoms with Crippen LogP contribution in [0.25, 0.3) is 0 Å². The second kappa shape index (κ2) is 5.14. The molecule has 3 rings (SSSR count). The first-order valence-corrected chi connectivity index (χ1v) is 6.63. The van der Waals surface area contributed by atoms with E-state index in [4.69, 9.17) is 4.74 Å². The molecule has 0 aromatic carbocycles. The lowest BCUT2D eigenvalue weighted by Gasteiger charge is -2.23. The number of rotatable bonds is 3. The van der Waals surface area contributed by atoms with Crippen molar-refractivity contribution in [3.05, 3.63) is 12.2 Å². The lowest BCUT2D eigenvalue weighted by atomic mass is 9.99. The van der Waals surface area contributed by atoms with E-state index in [1.165, 1.54) is 25.7 Å². The number of hydrogen-bond acceptors (Lipinski definition) is 4. The summed E-state index contributed by atoms with van der Waals surface area (Å²) in [7, 11) is 0. The van der Waals surface area contributed by atoms with Crippen LogP contribution in [-0.4, -0.2) is 40.6 Å². The molecule has 2 fully saturated rings. The molecule has 1 N–H and O–H groups in total.